The molecule has 2 aromatic heterocycles. The van der Waals surface area contributed by atoms with Crippen molar-refractivity contribution in [2.75, 3.05) is 50.1 Å². The van der Waals surface area contributed by atoms with E-state index in [0.29, 0.717) is 18.7 Å². The number of carbonyl (C=O) groups excluding carboxylic acids is 1. The molecular weight excluding hydrogens is 282 g/mol. The Morgan fingerprint density at radius 1 is 1.27 bits per heavy atom. The van der Waals surface area contributed by atoms with Crippen LogP contribution < -0.4 is 9.80 Å². The highest BCUT2D eigenvalue weighted by atomic mass is 16.3. The molecule has 7 nitrogen and oxygen atoms in total. The normalized spacial score (nSPS) is 15.0. The van der Waals surface area contributed by atoms with Crippen LogP contribution in [0.15, 0.2) is 35.3 Å². The Morgan fingerprint density at radius 2 is 2.05 bits per heavy atom. The summed E-state index contributed by atoms with van der Waals surface area (Å²) in [4.78, 5) is 18.2. The van der Waals surface area contributed by atoms with Gasteiger partial charge in [0.2, 0.25) is 0 Å². The number of piperazine rings is 1. The molecule has 3 heterocycles. The zero-order valence-corrected chi connectivity index (χ0v) is 12.8. The molecule has 1 saturated heterocycles. The fraction of sp³-hybridized carbons (Fsp3) is 0.400. The van der Waals surface area contributed by atoms with Gasteiger partial charge >= 0.3 is 0 Å². The Morgan fingerprint density at radius 3 is 2.68 bits per heavy atom. The molecule has 7 heteroatoms. The van der Waals surface area contributed by atoms with Crippen LogP contribution in [0.2, 0.25) is 0 Å². The van der Waals surface area contributed by atoms with E-state index >= 15 is 0 Å². The van der Waals surface area contributed by atoms with Gasteiger partial charge in [-0.3, -0.25) is 4.79 Å². The van der Waals surface area contributed by atoms with Crippen molar-refractivity contribution >= 4 is 17.4 Å². The zero-order chi connectivity index (χ0) is 15.5. The average Bonchev–Trinajstić information content (AvgIpc) is 3.09. The van der Waals surface area contributed by atoms with Crippen molar-refractivity contribution in [2.45, 2.75) is 0 Å². The molecule has 0 aliphatic carbocycles. The molecule has 1 amide bonds. The number of rotatable bonds is 3. The van der Waals surface area contributed by atoms with Gasteiger partial charge in [-0.05, 0) is 6.07 Å². The first-order valence-corrected chi connectivity index (χ1v) is 7.21. The third-order valence-corrected chi connectivity index (χ3v) is 3.80. The van der Waals surface area contributed by atoms with Crippen LogP contribution in [0.3, 0.4) is 0 Å². The van der Waals surface area contributed by atoms with Crippen molar-refractivity contribution < 1.29 is 9.21 Å². The van der Waals surface area contributed by atoms with E-state index in [1.54, 1.807) is 12.3 Å². The first-order valence-electron chi connectivity index (χ1n) is 7.21. The minimum absolute atomic E-state index is 0.0153. The number of hydrogen-bond donors (Lipinski definition) is 0. The van der Waals surface area contributed by atoms with Gasteiger partial charge in [0, 0.05) is 46.3 Å². The third-order valence-electron chi connectivity index (χ3n) is 3.80. The standard InChI is InChI=1S/C15H19N5O2/c1-18(2)13-9-14(17-16-10-13)19-4-6-20(7-5-19)15(21)12-3-8-22-11-12/h3,8-11H,4-7H2,1-2H3. The molecule has 0 aromatic carbocycles. The Hall–Kier alpha value is -2.57. The lowest BCUT2D eigenvalue weighted by atomic mass is 10.2. The number of hydrogen-bond acceptors (Lipinski definition) is 6. The van der Waals surface area contributed by atoms with Crippen molar-refractivity contribution in [3.63, 3.8) is 0 Å². The second-order valence-corrected chi connectivity index (χ2v) is 5.46. The van der Waals surface area contributed by atoms with Crippen LogP contribution >= 0.6 is 0 Å². The zero-order valence-electron chi connectivity index (χ0n) is 12.8. The largest absolute Gasteiger partial charge is 0.472 e. The Balaban J connectivity index is 1.64. The first-order chi connectivity index (χ1) is 10.6. The van der Waals surface area contributed by atoms with Gasteiger partial charge in [0.15, 0.2) is 5.82 Å². The lowest BCUT2D eigenvalue weighted by Gasteiger charge is -2.35. The molecule has 22 heavy (non-hydrogen) atoms. The molecule has 116 valence electrons. The van der Waals surface area contributed by atoms with Crippen LogP contribution in [-0.4, -0.2) is 61.3 Å². The van der Waals surface area contributed by atoms with E-state index in [-0.39, 0.29) is 5.91 Å². The molecule has 3 rings (SSSR count). The van der Waals surface area contributed by atoms with Gasteiger partial charge in [-0.2, -0.15) is 5.10 Å². The summed E-state index contributed by atoms with van der Waals surface area (Å²) in [6, 6.07) is 3.71. The highest BCUT2D eigenvalue weighted by Crippen LogP contribution is 2.19. The quantitative estimate of drug-likeness (QED) is 0.846. The number of aromatic nitrogens is 2. The monoisotopic (exact) mass is 301 g/mol. The molecule has 0 N–H and O–H groups in total. The van der Waals surface area contributed by atoms with Crippen molar-refractivity contribution in [1.29, 1.82) is 0 Å². The van der Waals surface area contributed by atoms with E-state index in [9.17, 15) is 4.79 Å². The summed E-state index contributed by atoms with van der Waals surface area (Å²) in [6.07, 6.45) is 4.74. The fourth-order valence-electron chi connectivity index (χ4n) is 2.45. The summed E-state index contributed by atoms with van der Waals surface area (Å²) in [6.45, 7) is 2.82. The predicted molar refractivity (Wildman–Crippen MR) is 83.2 cm³/mol. The van der Waals surface area contributed by atoms with Crippen LogP contribution in [0, 0.1) is 0 Å². The molecule has 0 saturated carbocycles. The van der Waals surface area contributed by atoms with E-state index in [1.807, 2.05) is 30.0 Å². The molecule has 1 fully saturated rings. The molecule has 0 spiro atoms. The summed E-state index contributed by atoms with van der Waals surface area (Å²) in [5.74, 6) is 0.864. The van der Waals surface area contributed by atoms with Crippen LogP contribution in [-0.2, 0) is 0 Å². The number of carbonyl (C=O) groups is 1. The lowest BCUT2D eigenvalue weighted by molar-refractivity contribution is 0.0745. The topological polar surface area (TPSA) is 65.7 Å². The molecule has 0 unspecified atom stereocenters. The first kappa shape index (κ1) is 14.4. The maximum absolute atomic E-state index is 12.3. The molecule has 0 radical (unpaired) electrons. The van der Waals surface area contributed by atoms with E-state index in [2.05, 4.69) is 15.1 Å². The fourth-order valence-corrected chi connectivity index (χ4v) is 2.45. The van der Waals surface area contributed by atoms with Gasteiger partial charge < -0.3 is 19.1 Å². The highest BCUT2D eigenvalue weighted by molar-refractivity contribution is 5.94. The van der Waals surface area contributed by atoms with Gasteiger partial charge in [-0.25, -0.2) is 0 Å². The van der Waals surface area contributed by atoms with Gasteiger partial charge in [-0.1, -0.05) is 0 Å². The smallest absolute Gasteiger partial charge is 0.257 e. The van der Waals surface area contributed by atoms with Crippen molar-refractivity contribution in [2.24, 2.45) is 0 Å². The molecule has 2 aromatic rings. The summed E-state index contributed by atoms with van der Waals surface area (Å²) >= 11 is 0. The van der Waals surface area contributed by atoms with Gasteiger partial charge in [0.25, 0.3) is 5.91 Å². The third kappa shape index (κ3) is 2.88. The average molecular weight is 301 g/mol. The molecule has 1 aliphatic rings. The SMILES string of the molecule is CN(C)c1cnnc(N2CCN(C(=O)c3ccoc3)CC2)c1. The highest BCUT2D eigenvalue weighted by Gasteiger charge is 2.23. The van der Waals surface area contributed by atoms with Crippen molar-refractivity contribution in [3.8, 4) is 0 Å². The lowest BCUT2D eigenvalue weighted by Crippen LogP contribution is -2.49. The van der Waals surface area contributed by atoms with Crippen LogP contribution in [0.4, 0.5) is 11.5 Å². The number of furan rings is 1. The second-order valence-electron chi connectivity index (χ2n) is 5.46. The summed E-state index contributed by atoms with van der Waals surface area (Å²) in [7, 11) is 3.95. The van der Waals surface area contributed by atoms with E-state index < -0.39 is 0 Å². The van der Waals surface area contributed by atoms with E-state index in [0.717, 1.165) is 24.6 Å². The van der Waals surface area contributed by atoms with Crippen LogP contribution in [0.1, 0.15) is 10.4 Å². The van der Waals surface area contributed by atoms with E-state index in [1.165, 1.54) is 12.5 Å². The summed E-state index contributed by atoms with van der Waals surface area (Å²) in [5, 5.41) is 8.25. The maximum atomic E-state index is 12.3. The summed E-state index contributed by atoms with van der Waals surface area (Å²) < 4.78 is 4.97. The molecule has 0 bridgehead atoms. The van der Waals surface area contributed by atoms with Gasteiger partial charge in [-0.15, -0.1) is 5.10 Å². The minimum atomic E-state index is 0.0153. The van der Waals surface area contributed by atoms with Crippen molar-refractivity contribution in [1.82, 2.24) is 15.1 Å². The Labute approximate surface area is 129 Å². The van der Waals surface area contributed by atoms with E-state index in [4.69, 9.17) is 4.42 Å². The second kappa shape index (κ2) is 6.05. The van der Waals surface area contributed by atoms with Crippen LogP contribution in [0.5, 0.6) is 0 Å². The maximum Gasteiger partial charge on any atom is 0.257 e. The number of amides is 1. The Kier molecular flexibility index (Phi) is 3.95. The minimum Gasteiger partial charge on any atom is -0.472 e. The number of nitrogens with zero attached hydrogens (tertiary/aromatic N) is 5. The number of anilines is 2. The molecular formula is C15H19N5O2. The van der Waals surface area contributed by atoms with Gasteiger partial charge in [0.05, 0.1) is 23.7 Å². The molecule has 1 aliphatic heterocycles. The molecule has 0 atom stereocenters. The van der Waals surface area contributed by atoms with Crippen LogP contribution in [0.25, 0.3) is 0 Å². The van der Waals surface area contributed by atoms with Gasteiger partial charge in [0.1, 0.15) is 6.26 Å². The van der Waals surface area contributed by atoms with Crippen molar-refractivity contribution in [3.05, 3.63) is 36.4 Å². The Bertz CT molecular complexity index is 633. The summed E-state index contributed by atoms with van der Waals surface area (Å²) in [5.41, 5.74) is 1.62. The predicted octanol–water partition coefficient (Wildman–Crippen LogP) is 1.10.